The van der Waals surface area contributed by atoms with Crippen molar-refractivity contribution < 1.29 is 9.90 Å². The number of aromatic nitrogens is 2. The van der Waals surface area contributed by atoms with Gasteiger partial charge in [0.05, 0.1) is 23.6 Å². The Bertz CT molecular complexity index is 520. The molecule has 0 spiro atoms. The summed E-state index contributed by atoms with van der Waals surface area (Å²) < 4.78 is 1.64. The molecule has 2 aromatic rings. The van der Waals surface area contributed by atoms with E-state index in [-0.39, 0.29) is 12.5 Å². The molecule has 0 aliphatic carbocycles. The monoisotopic (exact) mass is 245 g/mol. The first-order valence-electron chi connectivity index (χ1n) is 5.73. The minimum atomic E-state index is -0.557. The second-order valence-electron chi connectivity index (χ2n) is 4.07. The molecular weight excluding hydrogens is 230 g/mol. The van der Waals surface area contributed by atoms with Crippen LogP contribution in [0.1, 0.15) is 17.3 Å². The zero-order chi connectivity index (χ0) is 13.0. The lowest BCUT2D eigenvalue weighted by Crippen LogP contribution is -2.30. The van der Waals surface area contributed by atoms with Crippen molar-refractivity contribution in [2.75, 3.05) is 6.54 Å². The molecule has 0 unspecified atom stereocenters. The van der Waals surface area contributed by atoms with Crippen molar-refractivity contribution in [2.24, 2.45) is 0 Å². The van der Waals surface area contributed by atoms with Gasteiger partial charge in [0.15, 0.2) is 0 Å². The third-order valence-electron chi connectivity index (χ3n) is 2.42. The Morgan fingerprint density at radius 2 is 2.17 bits per heavy atom. The highest BCUT2D eigenvalue weighted by atomic mass is 16.3. The normalized spacial score (nSPS) is 12.1. The Balaban J connectivity index is 2.09. The molecule has 1 amide bonds. The van der Waals surface area contributed by atoms with Gasteiger partial charge in [-0.15, -0.1) is 0 Å². The third-order valence-corrected chi connectivity index (χ3v) is 2.42. The van der Waals surface area contributed by atoms with E-state index >= 15 is 0 Å². The molecule has 5 nitrogen and oxygen atoms in total. The molecule has 94 valence electrons. The summed E-state index contributed by atoms with van der Waals surface area (Å²) >= 11 is 0. The van der Waals surface area contributed by atoms with Crippen molar-refractivity contribution in [2.45, 2.75) is 13.0 Å². The molecule has 2 N–H and O–H groups in total. The first-order chi connectivity index (χ1) is 8.66. The molecule has 0 aliphatic heterocycles. The fourth-order valence-electron chi connectivity index (χ4n) is 1.50. The van der Waals surface area contributed by atoms with Crippen LogP contribution in [0.3, 0.4) is 0 Å². The van der Waals surface area contributed by atoms with Crippen molar-refractivity contribution in [1.82, 2.24) is 15.1 Å². The lowest BCUT2D eigenvalue weighted by Gasteiger charge is -2.05. The Labute approximate surface area is 105 Å². The zero-order valence-electron chi connectivity index (χ0n) is 10.1. The van der Waals surface area contributed by atoms with E-state index in [0.717, 1.165) is 5.69 Å². The van der Waals surface area contributed by atoms with E-state index in [9.17, 15) is 4.79 Å². The smallest absolute Gasteiger partial charge is 0.254 e. The average Bonchev–Trinajstić information content (AvgIpc) is 2.86. The van der Waals surface area contributed by atoms with Crippen molar-refractivity contribution in [3.63, 3.8) is 0 Å². The van der Waals surface area contributed by atoms with Crippen LogP contribution in [0.25, 0.3) is 5.69 Å². The minimum absolute atomic E-state index is 0.231. The summed E-state index contributed by atoms with van der Waals surface area (Å²) in [6, 6.07) is 9.55. The van der Waals surface area contributed by atoms with Gasteiger partial charge in [-0.3, -0.25) is 4.79 Å². The number of benzene rings is 1. The molecule has 1 aromatic heterocycles. The number of hydrogen-bond donors (Lipinski definition) is 2. The maximum absolute atomic E-state index is 11.7. The maximum atomic E-state index is 11.7. The fraction of sp³-hybridized carbons (Fsp3) is 0.231. The van der Waals surface area contributed by atoms with Crippen LogP contribution in [0.5, 0.6) is 0 Å². The SMILES string of the molecule is C[C@H](O)CNC(=O)c1cnn(-c2ccccc2)c1. The van der Waals surface area contributed by atoms with Gasteiger partial charge < -0.3 is 10.4 Å². The van der Waals surface area contributed by atoms with E-state index in [1.165, 1.54) is 6.20 Å². The zero-order valence-corrected chi connectivity index (χ0v) is 10.1. The highest BCUT2D eigenvalue weighted by molar-refractivity contribution is 5.93. The van der Waals surface area contributed by atoms with Crippen LogP contribution in [0.2, 0.25) is 0 Å². The Morgan fingerprint density at radius 3 is 2.83 bits per heavy atom. The van der Waals surface area contributed by atoms with Crippen molar-refractivity contribution in [3.8, 4) is 5.69 Å². The molecule has 0 fully saturated rings. The first-order valence-corrected chi connectivity index (χ1v) is 5.73. The summed E-state index contributed by atoms with van der Waals surface area (Å²) in [6.45, 7) is 1.85. The molecule has 5 heteroatoms. The van der Waals surface area contributed by atoms with E-state index < -0.39 is 6.10 Å². The van der Waals surface area contributed by atoms with Gasteiger partial charge in [-0.25, -0.2) is 4.68 Å². The molecule has 0 saturated heterocycles. The summed E-state index contributed by atoms with van der Waals surface area (Å²) in [5.74, 6) is -0.238. The molecule has 2 rings (SSSR count). The van der Waals surface area contributed by atoms with Gasteiger partial charge >= 0.3 is 0 Å². The summed E-state index contributed by atoms with van der Waals surface area (Å²) in [6.07, 6.45) is 2.61. The fourth-order valence-corrected chi connectivity index (χ4v) is 1.50. The number of hydrogen-bond acceptors (Lipinski definition) is 3. The number of rotatable bonds is 4. The van der Waals surface area contributed by atoms with Crippen LogP contribution in [-0.2, 0) is 0 Å². The molecule has 1 atom stereocenters. The summed E-state index contributed by atoms with van der Waals surface area (Å²) in [4.78, 5) is 11.7. The molecule has 0 radical (unpaired) electrons. The minimum Gasteiger partial charge on any atom is -0.392 e. The lowest BCUT2D eigenvalue weighted by atomic mass is 10.3. The molecule has 1 aromatic carbocycles. The first kappa shape index (κ1) is 12.3. The van der Waals surface area contributed by atoms with Crippen LogP contribution in [0, 0.1) is 0 Å². The second-order valence-corrected chi connectivity index (χ2v) is 4.07. The third kappa shape index (κ3) is 2.95. The van der Waals surface area contributed by atoms with Gasteiger partial charge in [-0.2, -0.15) is 5.10 Å². The number of nitrogens with one attached hydrogen (secondary N) is 1. The van der Waals surface area contributed by atoms with Crippen LogP contribution in [-0.4, -0.2) is 33.4 Å². The molecule has 0 aliphatic rings. The summed E-state index contributed by atoms with van der Waals surface area (Å²) in [5.41, 5.74) is 1.37. The van der Waals surface area contributed by atoms with E-state index in [1.807, 2.05) is 30.3 Å². The number of carbonyl (C=O) groups excluding carboxylic acids is 1. The van der Waals surface area contributed by atoms with Gasteiger partial charge in [-0.05, 0) is 19.1 Å². The largest absolute Gasteiger partial charge is 0.392 e. The number of aliphatic hydroxyl groups is 1. The predicted octanol–water partition coefficient (Wildman–Crippen LogP) is 0.983. The van der Waals surface area contributed by atoms with Crippen molar-refractivity contribution >= 4 is 5.91 Å². The Kier molecular flexibility index (Phi) is 3.74. The van der Waals surface area contributed by atoms with E-state index in [1.54, 1.807) is 17.8 Å². The number of carbonyl (C=O) groups is 1. The van der Waals surface area contributed by atoms with Gasteiger partial charge in [0.25, 0.3) is 5.91 Å². The molecule has 0 bridgehead atoms. The maximum Gasteiger partial charge on any atom is 0.254 e. The van der Waals surface area contributed by atoms with E-state index in [0.29, 0.717) is 5.56 Å². The van der Waals surface area contributed by atoms with Crippen LogP contribution in [0.15, 0.2) is 42.7 Å². The van der Waals surface area contributed by atoms with E-state index in [2.05, 4.69) is 10.4 Å². The van der Waals surface area contributed by atoms with Crippen molar-refractivity contribution in [1.29, 1.82) is 0 Å². The van der Waals surface area contributed by atoms with Gasteiger partial charge in [-0.1, -0.05) is 18.2 Å². The summed E-state index contributed by atoms with van der Waals surface area (Å²) in [5, 5.41) is 15.8. The summed E-state index contributed by atoms with van der Waals surface area (Å²) in [7, 11) is 0. The van der Waals surface area contributed by atoms with Crippen LogP contribution >= 0.6 is 0 Å². The number of amides is 1. The van der Waals surface area contributed by atoms with E-state index in [4.69, 9.17) is 5.11 Å². The molecule has 18 heavy (non-hydrogen) atoms. The standard InChI is InChI=1S/C13H15N3O2/c1-10(17)7-14-13(18)11-8-15-16(9-11)12-5-3-2-4-6-12/h2-6,8-10,17H,7H2,1H3,(H,14,18)/t10-/m0/s1. The number of aliphatic hydroxyl groups excluding tert-OH is 1. The quantitative estimate of drug-likeness (QED) is 0.844. The Hall–Kier alpha value is -2.14. The highest BCUT2D eigenvalue weighted by Crippen LogP contribution is 2.07. The predicted molar refractivity (Wildman–Crippen MR) is 67.6 cm³/mol. The van der Waals surface area contributed by atoms with Crippen LogP contribution < -0.4 is 5.32 Å². The lowest BCUT2D eigenvalue weighted by molar-refractivity contribution is 0.0924. The van der Waals surface area contributed by atoms with Crippen LogP contribution in [0.4, 0.5) is 0 Å². The number of para-hydroxylation sites is 1. The van der Waals surface area contributed by atoms with Gasteiger partial charge in [0.1, 0.15) is 0 Å². The second kappa shape index (κ2) is 5.46. The molecule has 0 saturated carbocycles. The van der Waals surface area contributed by atoms with Crippen molar-refractivity contribution in [3.05, 3.63) is 48.3 Å². The van der Waals surface area contributed by atoms with Gasteiger partial charge in [0.2, 0.25) is 0 Å². The topological polar surface area (TPSA) is 67.2 Å². The average molecular weight is 245 g/mol. The highest BCUT2D eigenvalue weighted by Gasteiger charge is 2.09. The molecular formula is C13H15N3O2. The molecule has 1 heterocycles. The Morgan fingerprint density at radius 1 is 1.44 bits per heavy atom. The number of nitrogens with zero attached hydrogens (tertiary/aromatic N) is 2. The van der Waals surface area contributed by atoms with Gasteiger partial charge in [0, 0.05) is 12.7 Å².